The smallest absolute Gasteiger partial charge is 0.416 e. The highest BCUT2D eigenvalue weighted by atomic mass is 19.4. The molecule has 0 saturated heterocycles. The second kappa shape index (κ2) is 7.42. The van der Waals surface area contributed by atoms with Crippen molar-refractivity contribution >= 4 is 5.97 Å². The molecule has 0 aliphatic carbocycles. The Labute approximate surface area is 140 Å². The predicted molar refractivity (Wildman–Crippen MR) is 82.2 cm³/mol. The van der Waals surface area contributed by atoms with E-state index in [1.807, 2.05) is 0 Å². The van der Waals surface area contributed by atoms with Crippen molar-refractivity contribution in [2.75, 3.05) is 0 Å². The number of hydrogen-bond donors (Lipinski definition) is 1. The van der Waals surface area contributed by atoms with Crippen LogP contribution >= 0.6 is 0 Å². The molecule has 2 aromatic rings. The number of carbonyl (C=O) groups is 1. The zero-order valence-electron chi connectivity index (χ0n) is 12.8. The van der Waals surface area contributed by atoms with Crippen LogP contribution in [0.1, 0.15) is 30.0 Å². The van der Waals surface area contributed by atoms with Gasteiger partial charge >= 0.3 is 12.1 Å². The van der Waals surface area contributed by atoms with E-state index in [-0.39, 0.29) is 18.4 Å². The molecule has 0 amide bonds. The van der Waals surface area contributed by atoms with Crippen molar-refractivity contribution in [1.29, 1.82) is 0 Å². The fraction of sp³-hybridized carbons (Fsp3) is 0.235. The summed E-state index contributed by atoms with van der Waals surface area (Å²) in [5.41, 5.74) is -0.156. The highest BCUT2D eigenvalue weighted by Crippen LogP contribution is 2.32. The Kier molecular flexibility index (Phi) is 5.51. The summed E-state index contributed by atoms with van der Waals surface area (Å²) in [6.07, 6.45) is -4.94. The average Bonchev–Trinajstić information content (AvgIpc) is 2.55. The van der Waals surface area contributed by atoms with E-state index in [4.69, 9.17) is 5.11 Å². The van der Waals surface area contributed by atoms with Crippen LogP contribution in [0.2, 0.25) is 0 Å². The van der Waals surface area contributed by atoms with Crippen molar-refractivity contribution in [3.05, 3.63) is 64.3 Å². The third kappa shape index (κ3) is 4.62. The second-order valence-electron chi connectivity index (χ2n) is 5.37. The van der Waals surface area contributed by atoms with Crippen LogP contribution in [-0.4, -0.2) is 11.1 Å². The molecule has 0 fully saturated rings. The molecule has 0 saturated carbocycles. The molecule has 1 unspecified atom stereocenters. The molecule has 0 bridgehead atoms. The van der Waals surface area contributed by atoms with Gasteiger partial charge in [-0.1, -0.05) is 29.4 Å². The van der Waals surface area contributed by atoms with Crippen LogP contribution in [0.4, 0.5) is 17.6 Å². The summed E-state index contributed by atoms with van der Waals surface area (Å²) < 4.78 is 51.9. The number of halogens is 4. The second-order valence-corrected chi connectivity index (χ2v) is 5.37. The Balaban J connectivity index is 2.26. The molecule has 2 aromatic carbocycles. The van der Waals surface area contributed by atoms with Crippen molar-refractivity contribution in [3.63, 3.8) is 0 Å². The largest absolute Gasteiger partial charge is 0.481 e. The van der Waals surface area contributed by atoms with Gasteiger partial charge in [0.25, 0.3) is 0 Å². The van der Waals surface area contributed by atoms with E-state index >= 15 is 0 Å². The minimum absolute atomic E-state index is 0.0492. The summed E-state index contributed by atoms with van der Waals surface area (Å²) in [7, 11) is 0. The summed E-state index contributed by atoms with van der Waals surface area (Å²) in [5.74, 6) is -1.90. The first-order valence-electron chi connectivity index (χ1n) is 7.23. The van der Waals surface area contributed by atoms with E-state index in [9.17, 15) is 27.3 Å². The van der Waals surface area contributed by atoms with E-state index in [2.05, 4.69) is 5.18 Å². The standard InChI is InChI=1S/C17H13F4NO3/c18-14-9-11(10-1-4-12(5-2-10)17(19,20)21)3-6-13(14)15(22-25)7-8-16(23)24/h1-6,9,15H,7-8H2,(H,23,24). The molecule has 132 valence electrons. The summed E-state index contributed by atoms with van der Waals surface area (Å²) in [6.45, 7) is 0. The average molecular weight is 355 g/mol. The van der Waals surface area contributed by atoms with Gasteiger partial charge in [0.05, 0.1) is 5.56 Å². The summed E-state index contributed by atoms with van der Waals surface area (Å²) in [4.78, 5) is 21.4. The Morgan fingerprint density at radius 1 is 1.08 bits per heavy atom. The van der Waals surface area contributed by atoms with E-state index in [0.717, 1.165) is 18.2 Å². The molecular formula is C17H13F4NO3. The maximum absolute atomic E-state index is 14.2. The molecule has 4 nitrogen and oxygen atoms in total. The van der Waals surface area contributed by atoms with E-state index in [1.54, 1.807) is 0 Å². The normalized spacial score (nSPS) is 12.6. The van der Waals surface area contributed by atoms with Crippen LogP contribution in [0, 0.1) is 10.7 Å². The SMILES string of the molecule is O=NC(CCC(=O)O)c1ccc(-c2ccc(C(F)(F)F)cc2)cc1F. The molecule has 8 heteroatoms. The molecule has 0 radical (unpaired) electrons. The molecule has 0 aliphatic rings. The number of alkyl halides is 3. The van der Waals surface area contributed by atoms with E-state index in [0.29, 0.717) is 11.1 Å². The molecule has 25 heavy (non-hydrogen) atoms. The molecule has 0 spiro atoms. The molecular weight excluding hydrogens is 342 g/mol. The third-order valence-corrected chi connectivity index (χ3v) is 3.66. The summed E-state index contributed by atoms with van der Waals surface area (Å²) in [5, 5.41) is 11.4. The topological polar surface area (TPSA) is 66.7 Å². The summed E-state index contributed by atoms with van der Waals surface area (Å²) in [6, 6.07) is 6.90. The van der Waals surface area contributed by atoms with Crippen LogP contribution in [0.3, 0.4) is 0 Å². The fourth-order valence-electron chi connectivity index (χ4n) is 2.35. The molecule has 1 atom stereocenters. The molecule has 0 aliphatic heterocycles. The lowest BCUT2D eigenvalue weighted by Crippen LogP contribution is -2.04. The van der Waals surface area contributed by atoms with Gasteiger partial charge in [0.1, 0.15) is 11.9 Å². The minimum Gasteiger partial charge on any atom is -0.481 e. The summed E-state index contributed by atoms with van der Waals surface area (Å²) >= 11 is 0. The number of aliphatic carboxylic acids is 1. The van der Waals surface area contributed by atoms with Gasteiger partial charge in [-0.2, -0.15) is 18.1 Å². The van der Waals surface area contributed by atoms with Gasteiger partial charge in [-0.25, -0.2) is 4.39 Å². The zero-order valence-corrected chi connectivity index (χ0v) is 12.8. The molecule has 0 aromatic heterocycles. The van der Waals surface area contributed by atoms with Gasteiger partial charge in [0, 0.05) is 12.0 Å². The zero-order chi connectivity index (χ0) is 18.6. The highest BCUT2D eigenvalue weighted by molar-refractivity contribution is 5.67. The number of benzene rings is 2. The first kappa shape index (κ1) is 18.6. The van der Waals surface area contributed by atoms with Crippen molar-refractivity contribution in [3.8, 4) is 11.1 Å². The lowest BCUT2D eigenvalue weighted by molar-refractivity contribution is -0.138. The van der Waals surface area contributed by atoms with Gasteiger partial charge < -0.3 is 5.11 Å². The van der Waals surface area contributed by atoms with Gasteiger partial charge in [-0.3, -0.25) is 4.79 Å². The highest BCUT2D eigenvalue weighted by Gasteiger charge is 2.30. The fourth-order valence-corrected chi connectivity index (χ4v) is 2.35. The van der Waals surface area contributed by atoms with Crippen LogP contribution in [0.5, 0.6) is 0 Å². The Hall–Kier alpha value is -2.77. The number of hydrogen-bond acceptors (Lipinski definition) is 3. The Morgan fingerprint density at radius 2 is 1.68 bits per heavy atom. The number of nitrogens with zero attached hydrogens (tertiary/aromatic N) is 1. The van der Waals surface area contributed by atoms with Gasteiger partial charge in [0.2, 0.25) is 0 Å². The van der Waals surface area contributed by atoms with Crippen molar-refractivity contribution < 1.29 is 27.5 Å². The minimum atomic E-state index is -4.46. The van der Waals surface area contributed by atoms with Crippen molar-refractivity contribution in [2.24, 2.45) is 5.18 Å². The van der Waals surface area contributed by atoms with Gasteiger partial charge in [-0.05, 0) is 35.7 Å². The van der Waals surface area contributed by atoms with Crippen LogP contribution < -0.4 is 0 Å². The maximum atomic E-state index is 14.2. The monoisotopic (exact) mass is 355 g/mol. The van der Waals surface area contributed by atoms with Crippen molar-refractivity contribution in [2.45, 2.75) is 25.1 Å². The van der Waals surface area contributed by atoms with Gasteiger partial charge in [-0.15, -0.1) is 0 Å². The van der Waals surface area contributed by atoms with E-state index < -0.39 is 29.6 Å². The molecule has 1 N–H and O–H groups in total. The number of carboxylic acid groups (broad SMARTS) is 1. The first-order chi connectivity index (χ1) is 11.7. The van der Waals surface area contributed by atoms with Crippen LogP contribution in [0.25, 0.3) is 11.1 Å². The van der Waals surface area contributed by atoms with Gasteiger partial charge in [0.15, 0.2) is 0 Å². The Morgan fingerprint density at radius 3 is 2.16 bits per heavy atom. The number of carboxylic acids is 1. The quantitative estimate of drug-likeness (QED) is 0.573. The molecule has 2 rings (SSSR count). The Bertz CT molecular complexity index is 772. The number of nitroso groups, excluding NO2 is 1. The lowest BCUT2D eigenvalue weighted by atomic mass is 9.97. The number of rotatable bonds is 6. The molecule has 0 heterocycles. The van der Waals surface area contributed by atoms with Crippen molar-refractivity contribution in [1.82, 2.24) is 0 Å². The van der Waals surface area contributed by atoms with Crippen LogP contribution in [0.15, 0.2) is 47.6 Å². The van der Waals surface area contributed by atoms with E-state index in [1.165, 1.54) is 24.3 Å². The third-order valence-electron chi connectivity index (χ3n) is 3.66. The predicted octanol–water partition coefficient (Wildman–Crippen LogP) is 5.18. The lowest BCUT2D eigenvalue weighted by Gasteiger charge is -2.12. The first-order valence-corrected chi connectivity index (χ1v) is 7.23. The maximum Gasteiger partial charge on any atom is 0.416 e. The van der Waals surface area contributed by atoms with Crippen LogP contribution in [-0.2, 0) is 11.0 Å².